The summed E-state index contributed by atoms with van der Waals surface area (Å²) in [5, 5.41) is 0. The number of benzene rings is 1. The summed E-state index contributed by atoms with van der Waals surface area (Å²) in [6.45, 7) is -0.0528. The molecule has 0 heterocycles. The van der Waals surface area contributed by atoms with Crippen LogP contribution in [0.4, 0.5) is 0 Å². The Bertz CT molecular complexity index is 366. The van der Waals surface area contributed by atoms with Gasteiger partial charge in [-0.1, -0.05) is 31.4 Å². The molecule has 0 spiro atoms. The van der Waals surface area contributed by atoms with Crippen LogP contribution in [0.5, 0.6) is 5.75 Å². The first-order valence-electron chi connectivity index (χ1n) is 6.27. The Kier molecular flexibility index (Phi) is 4.02. The van der Waals surface area contributed by atoms with E-state index in [1.54, 1.807) is 0 Å². The van der Waals surface area contributed by atoms with Crippen LogP contribution in [-0.2, 0) is 4.79 Å². The van der Waals surface area contributed by atoms with Gasteiger partial charge in [-0.3, -0.25) is 4.79 Å². The van der Waals surface area contributed by atoms with Gasteiger partial charge < -0.3 is 10.5 Å². The molecule has 1 aromatic rings. The minimum Gasteiger partial charge on any atom is -0.484 e. The monoisotopic (exact) mass is 233 g/mol. The molecule has 1 aromatic carbocycles. The van der Waals surface area contributed by atoms with Crippen molar-refractivity contribution in [2.45, 2.75) is 38.0 Å². The molecule has 3 heteroatoms. The number of amides is 1. The normalized spacial score (nSPS) is 16.7. The van der Waals surface area contributed by atoms with Crippen LogP contribution in [0.25, 0.3) is 0 Å². The molecule has 1 aliphatic rings. The predicted molar refractivity (Wildman–Crippen MR) is 67.0 cm³/mol. The van der Waals surface area contributed by atoms with Crippen molar-refractivity contribution in [1.82, 2.24) is 0 Å². The van der Waals surface area contributed by atoms with E-state index in [0.29, 0.717) is 11.7 Å². The Hall–Kier alpha value is -1.51. The second-order valence-corrected chi connectivity index (χ2v) is 4.66. The number of ether oxygens (including phenoxy) is 1. The maximum absolute atomic E-state index is 10.6. The van der Waals surface area contributed by atoms with Gasteiger partial charge in [0.15, 0.2) is 6.61 Å². The zero-order valence-corrected chi connectivity index (χ0v) is 10.0. The van der Waals surface area contributed by atoms with Crippen molar-refractivity contribution in [2.24, 2.45) is 5.73 Å². The van der Waals surface area contributed by atoms with E-state index in [9.17, 15) is 4.79 Å². The smallest absolute Gasteiger partial charge is 0.255 e. The Morgan fingerprint density at radius 3 is 2.41 bits per heavy atom. The third-order valence-corrected chi connectivity index (χ3v) is 3.34. The molecule has 0 bridgehead atoms. The van der Waals surface area contributed by atoms with E-state index in [0.717, 1.165) is 0 Å². The number of hydrogen-bond donors (Lipinski definition) is 1. The standard InChI is InChI=1S/C14H19NO2/c15-14(16)10-17-13-8-6-12(7-9-13)11-4-2-1-3-5-11/h6-9,11H,1-5,10H2,(H2,15,16). The van der Waals surface area contributed by atoms with Crippen LogP contribution < -0.4 is 10.5 Å². The van der Waals surface area contributed by atoms with E-state index in [-0.39, 0.29) is 6.61 Å². The van der Waals surface area contributed by atoms with Crippen molar-refractivity contribution in [2.75, 3.05) is 6.61 Å². The zero-order chi connectivity index (χ0) is 12.1. The van der Waals surface area contributed by atoms with Gasteiger partial charge in [0.1, 0.15) is 5.75 Å². The van der Waals surface area contributed by atoms with Gasteiger partial charge in [-0.05, 0) is 36.5 Å². The van der Waals surface area contributed by atoms with E-state index in [1.165, 1.54) is 37.7 Å². The molecule has 2 rings (SSSR count). The summed E-state index contributed by atoms with van der Waals surface area (Å²) in [6.07, 6.45) is 6.63. The minimum atomic E-state index is -0.443. The highest BCUT2D eigenvalue weighted by Crippen LogP contribution is 2.33. The molecule has 1 aliphatic carbocycles. The summed E-state index contributed by atoms with van der Waals surface area (Å²) in [4.78, 5) is 10.6. The van der Waals surface area contributed by atoms with E-state index in [4.69, 9.17) is 10.5 Å². The van der Waals surface area contributed by atoms with Gasteiger partial charge in [0.05, 0.1) is 0 Å². The number of primary amides is 1. The maximum Gasteiger partial charge on any atom is 0.255 e. The fourth-order valence-electron chi connectivity index (χ4n) is 2.43. The SMILES string of the molecule is NC(=O)COc1ccc(C2CCCCC2)cc1. The van der Waals surface area contributed by atoms with Crippen molar-refractivity contribution in [3.8, 4) is 5.75 Å². The lowest BCUT2D eigenvalue weighted by atomic mass is 9.84. The van der Waals surface area contributed by atoms with Crippen LogP contribution in [-0.4, -0.2) is 12.5 Å². The highest BCUT2D eigenvalue weighted by molar-refractivity contribution is 5.75. The van der Waals surface area contributed by atoms with Gasteiger partial charge in [-0.2, -0.15) is 0 Å². The van der Waals surface area contributed by atoms with Gasteiger partial charge in [-0.15, -0.1) is 0 Å². The van der Waals surface area contributed by atoms with Crippen molar-refractivity contribution < 1.29 is 9.53 Å². The van der Waals surface area contributed by atoms with E-state index < -0.39 is 5.91 Å². The highest BCUT2D eigenvalue weighted by Gasteiger charge is 2.15. The van der Waals surface area contributed by atoms with Gasteiger partial charge in [-0.25, -0.2) is 0 Å². The second-order valence-electron chi connectivity index (χ2n) is 4.66. The first-order valence-corrected chi connectivity index (χ1v) is 6.27. The molecule has 0 radical (unpaired) electrons. The van der Waals surface area contributed by atoms with Crippen LogP contribution in [0.3, 0.4) is 0 Å². The van der Waals surface area contributed by atoms with Gasteiger partial charge >= 0.3 is 0 Å². The molecule has 2 N–H and O–H groups in total. The molecule has 1 saturated carbocycles. The van der Waals surface area contributed by atoms with E-state index >= 15 is 0 Å². The topological polar surface area (TPSA) is 52.3 Å². The number of carbonyl (C=O) groups excluding carboxylic acids is 1. The average Bonchev–Trinajstić information content (AvgIpc) is 2.38. The quantitative estimate of drug-likeness (QED) is 0.869. The molecular weight excluding hydrogens is 214 g/mol. The Morgan fingerprint density at radius 1 is 1.18 bits per heavy atom. The molecular formula is C14H19NO2. The van der Waals surface area contributed by atoms with Crippen LogP contribution >= 0.6 is 0 Å². The fraction of sp³-hybridized carbons (Fsp3) is 0.500. The summed E-state index contributed by atoms with van der Waals surface area (Å²) in [6, 6.07) is 8.05. The highest BCUT2D eigenvalue weighted by atomic mass is 16.5. The maximum atomic E-state index is 10.6. The lowest BCUT2D eigenvalue weighted by molar-refractivity contribution is -0.119. The largest absolute Gasteiger partial charge is 0.484 e. The first-order chi connectivity index (χ1) is 8.25. The fourth-order valence-corrected chi connectivity index (χ4v) is 2.43. The van der Waals surface area contributed by atoms with Crippen LogP contribution in [0.15, 0.2) is 24.3 Å². The van der Waals surface area contributed by atoms with E-state index in [2.05, 4.69) is 12.1 Å². The van der Waals surface area contributed by atoms with Crippen LogP contribution in [0.1, 0.15) is 43.6 Å². The zero-order valence-electron chi connectivity index (χ0n) is 10.0. The van der Waals surface area contributed by atoms with Gasteiger partial charge in [0.2, 0.25) is 0 Å². The number of carbonyl (C=O) groups is 1. The predicted octanol–water partition coefficient (Wildman–Crippen LogP) is 2.60. The van der Waals surface area contributed by atoms with Gasteiger partial charge in [0.25, 0.3) is 5.91 Å². The lowest BCUT2D eigenvalue weighted by Crippen LogP contribution is -2.20. The van der Waals surface area contributed by atoms with Crippen LogP contribution in [0, 0.1) is 0 Å². The third-order valence-electron chi connectivity index (χ3n) is 3.34. The minimum absolute atomic E-state index is 0.0528. The van der Waals surface area contributed by atoms with Crippen LogP contribution in [0.2, 0.25) is 0 Å². The number of hydrogen-bond acceptors (Lipinski definition) is 2. The Morgan fingerprint density at radius 2 is 1.82 bits per heavy atom. The van der Waals surface area contributed by atoms with E-state index in [1.807, 2.05) is 12.1 Å². The number of rotatable bonds is 4. The lowest BCUT2D eigenvalue weighted by Gasteiger charge is -2.22. The van der Waals surface area contributed by atoms with Crippen molar-refractivity contribution >= 4 is 5.91 Å². The first kappa shape index (κ1) is 12.0. The van der Waals surface area contributed by atoms with Crippen molar-refractivity contribution in [3.05, 3.63) is 29.8 Å². The molecule has 3 nitrogen and oxygen atoms in total. The van der Waals surface area contributed by atoms with Crippen molar-refractivity contribution in [3.63, 3.8) is 0 Å². The summed E-state index contributed by atoms with van der Waals surface area (Å²) in [5.41, 5.74) is 6.41. The second kappa shape index (κ2) is 5.71. The molecule has 0 aromatic heterocycles. The molecule has 0 atom stereocenters. The third kappa shape index (κ3) is 3.48. The summed E-state index contributed by atoms with van der Waals surface area (Å²) < 4.78 is 5.24. The molecule has 0 saturated heterocycles. The average molecular weight is 233 g/mol. The molecule has 17 heavy (non-hydrogen) atoms. The molecule has 1 amide bonds. The molecule has 0 aliphatic heterocycles. The van der Waals surface area contributed by atoms with Gasteiger partial charge in [0, 0.05) is 0 Å². The molecule has 0 unspecified atom stereocenters. The van der Waals surface area contributed by atoms with Crippen molar-refractivity contribution in [1.29, 1.82) is 0 Å². The summed E-state index contributed by atoms with van der Waals surface area (Å²) >= 11 is 0. The number of nitrogens with two attached hydrogens (primary N) is 1. The summed E-state index contributed by atoms with van der Waals surface area (Å²) in [7, 11) is 0. The Balaban J connectivity index is 1.94. The molecule has 1 fully saturated rings. The Labute approximate surface area is 102 Å². The summed E-state index contributed by atoms with van der Waals surface area (Å²) in [5.74, 6) is 0.971. The molecule has 92 valence electrons.